The van der Waals surface area contributed by atoms with Gasteiger partial charge in [0.05, 0.1) is 5.75 Å². The van der Waals surface area contributed by atoms with Gasteiger partial charge in [0.1, 0.15) is 5.75 Å². The zero-order valence-corrected chi connectivity index (χ0v) is 14.6. The number of carbonyl (C=O) groups excluding carboxylic acids is 2. The van der Waals surface area contributed by atoms with Gasteiger partial charge in [0.25, 0.3) is 0 Å². The van der Waals surface area contributed by atoms with Crippen molar-refractivity contribution in [2.24, 2.45) is 0 Å². The zero-order valence-electron chi connectivity index (χ0n) is 13.8. The largest absolute Gasteiger partial charge is 0.573 e. The number of halogens is 3. The van der Waals surface area contributed by atoms with Crippen LogP contribution in [0.15, 0.2) is 48.5 Å². The van der Waals surface area contributed by atoms with Crippen molar-refractivity contribution in [2.75, 3.05) is 11.1 Å². The summed E-state index contributed by atoms with van der Waals surface area (Å²) in [5.41, 5.74) is 1.82. The molecule has 0 aliphatic carbocycles. The highest BCUT2D eigenvalue weighted by atomic mass is 32.2. The summed E-state index contributed by atoms with van der Waals surface area (Å²) in [4.78, 5) is 23.3. The third-order valence-electron chi connectivity index (χ3n) is 3.21. The third kappa shape index (κ3) is 6.79. The topological polar surface area (TPSA) is 55.4 Å². The quantitative estimate of drug-likeness (QED) is 0.707. The number of ether oxygens (including phenoxy) is 1. The molecule has 0 spiro atoms. The SMILES string of the molecule is CC(=O)c1cccc(NC(=O)CSCc2ccc(OC(F)(F)F)cc2)c1. The second-order valence-corrected chi connectivity index (χ2v) is 6.36. The molecule has 0 saturated heterocycles. The molecule has 26 heavy (non-hydrogen) atoms. The number of amides is 1. The van der Waals surface area contributed by atoms with Crippen LogP contribution in [0.5, 0.6) is 5.75 Å². The van der Waals surface area contributed by atoms with Crippen molar-refractivity contribution in [2.45, 2.75) is 19.0 Å². The van der Waals surface area contributed by atoms with Gasteiger partial charge in [-0.25, -0.2) is 0 Å². The number of carbonyl (C=O) groups is 2. The summed E-state index contributed by atoms with van der Waals surface area (Å²) in [5, 5.41) is 2.70. The third-order valence-corrected chi connectivity index (χ3v) is 4.22. The van der Waals surface area contributed by atoms with Crippen LogP contribution >= 0.6 is 11.8 Å². The molecule has 0 fully saturated rings. The fraction of sp³-hybridized carbons (Fsp3) is 0.222. The fourth-order valence-corrected chi connectivity index (χ4v) is 2.85. The first-order chi connectivity index (χ1) is 12.2. The van der Waals surface area contributed by atoms with Gasteiger partial charge in [-0.1, -0.05) is 24.3 Å². The fourth-order valence-electron chi connectivity index (χ4n) is 2.06. The molecule has 4 nitrogen and oxygen atoms in total. The molecule has 8 heteroatoms. The summed E-state index contributed by atoms with van der Waals surface area (Å²) in [6, 6.07) is 12.1. The Labute approximate surface area is 152 Å². The van der Waals surface area contributed by atoms with Crippen LogP contribution in [0.2, 0.25) is 0 Å². The molecule has 0 aliphatic heterocycles. The predicted molar refractivity (Wildman–Crippen MR) is 94.4 cm³/mol. The number of hydrogen-bond acceptors (Lipinski definition) is 4. The molecular formula is C18H16F3NO3S. The Bertz CT molecular complexity index is 776. The molecule has 1 N–H and O–H groups in total. The Balaban J connectivity index is 1.79. The van der Waals surface area contributed by atoms with Crippen LogP contribution in [-0.2, 0) is 10.5 Å². The van der Waals surface area contributed by atoms with Crippen LogP contribution in [0.3, 0.4) is 0 Å². The van der Waals surface area contributed by atoms with Crippen molar-refractivity contribution >= 4 is 29.1 Å². The summed E-state index contributed by atoms with van der Waals surface area (Å²) in [6.07, 6.45) is -4.71. The first-order valence-electron chi connectivity index (χ1n) is 7.56. The van der Waals surface area contributed by atoms with E-state index in [-0.39, 0.29) is 23.2 Å². The molecule has 2 aromatic carbocycles. The second-order valence-electron chi connectivity index (χ2n) is 5.37. The van der Waals surface area contributed by atoms with Gasteiger partial charge in [0.15, 0.2) is 5.78 Å². The van der Waals surface area contributed by atoms with Crippen LogP contribution in [0.25, 0.3) is 0 Å². The average Bonchev–Trinajstić information content (AvgIpc) is 2.55. The van der Waals surface area contributed by atoms with E-state index in [9.17, 15) is 22.8 Å². The minimum atomic E-state index is -4.71. The molecule has 0 atom stereocenters. The molecular weight excluding hydrogens is 367 g/mol. The molecule has 2 rings (SSSR count). The Morgan fingerprint density at radius 2 is 1.81 bits per heavy atom. The second kappa shape index (κ2) is 8.75. The van der Waals surface area contributed by atoms with Crippen molar-refractivity contribution < 1.29 is 27.5 Å². The molecule has 0 aromatic heterocycles. The summed E-state index contributed by atoms with van der Waals surface area (Å²) in [6.45, 7) is 1.45. The Morgan fingerprint density at radius 1 is 1.12 bits per heavy atom. The van der Waals surface area contributed by atoms with Gasteiger partial charge in [-0.3, -0.25) is 9.59 Å². The van der Waals surface area contributed by atoms with E-state index in [1.54, 1.807) is 24.3 Å². The highest BCUT2D eigenvalue weighted by Gasteiger charge is 2.30. The molecule has 2 aromatic rings. The molecule has 0 bridgehead atoms. The number of thioether (sulfide) groups is 1. The van der Waals surface area contributed by atoms with Crippen molar-refractivity contribution in [1.29, 1.82) is 0 Å². The van der Waals surface area contributed by atoms with E-state index in [4.69, 9.17) is 0 Å². The van der Waals surface area contributed by atoms with E-state index < -0.39 is 6.36 Å². The van der Waals surface area contributed by atoms with Gasteiger partial charge < -0.3 is 10.1 Å². The first-order valence-corrected chi connectivity index (χ1v) is 8.72. The molecule has 0 unspecified atom stereocenters. The molecule has 1 amide bonds. The smallest absolute Gasteiger partial charge is 0.406 e. The van der Waals surface area contributed by atoms with Gasteiger partial charge in [-0.05, 0) is 36.8 Å². The molecule has 138 valence electrons. The van der Waals surface area contributed by atoms with Crippen molar-refractivity contribution in [1.82, 2.24) is 0 Å². The number of ketones is 1. The Kier molecular flexibility index (Phi) is 6.68. The number of Topliss-reactive ketones (excluding diaryl/α,β-unsaturated/α-hetero) is 1. The van der Waals surface area contributed by atoms with E-state index in [2.05, 4.69) is 10.1 Å². The van der Waals surface area contributed by atoms with Crippen LogP contribution in [0.4, 0.5) is 18.9 Å². The summed E-state index contributed by atoms with van der Waals surface area (Å²) >= 11 is 1.32. The summed E-state index contributed by atoms with van der Waals surface area (Å²) in [7, 11) is 0. The number of rotatable bonds is 7. The summed E-state index contributed by atoms with van der Waals surface area (Å²) in [5.74, 6) is 0.0358. The van der Waals surface area contributed by atoms with Gasteiger partial charge in [-0.2, -0.15) is 0 Å². The van der Waals surface area contributed by atoms with E-state index in [1.807, 2.05) is 0 Å². The number of benzene rings is 2. The Hall–Kier alpha value is -2.48. The minimum Gasteiger partial charge on any atom is -0.406 e. The predicted octanol–water partition coefficient (Wildman–Crippen LogP) is 4.66. The lowest BCUT2D eigenvalue weighted by molar-refractivity contribution is -0.274. The van der Waals surface area contributed by atoms with E-state index in [1.165, 1.54) is 43.0 Å². The maximum atomic E-state index is 12.1. The molecule has 0 aliphatic rings. The van der Waals surface area contributed by atoms with Crippen LogP contribution < -0.4 is 10.1 Å². The Morgan fingerprint density at radius 3 is 2.42 bits per heavy atom. The van der Waals surface area contributed by atoms with Crippen LogP contribution in [-0.4, -0.2) is 23.8 Å². The van der Waals surface area contributed by atoms with Gasteiger partial charge >= 0.3 is 6.36 Å². The maximum absolute atomic E-state index is 12.1. The maximum Gasteiger partial charge on any atom is 0.573 e. The highest BCUT2D eigenvalue weighted by Crippen LogP contribution is 2.24. The molecule has 0 saturated carbocycles. The van der Waals surface area contributed by atoms with Crippen molar-refractivity contribution in [3.05, 3.63) is 59.7 Å². The number of hydrogen-bond donors (Lipinski definition) is 1. The lowest BCUT2D eigenvalue weighted by atomic mass is 10.1. The lowest BCUT2D eigenvalue weighted by Gasteiger charge is -2.09. The minimum absolute atomic E-state index is 0.0894. The van der Waals surface area contributed by atoms with E-state index in [0.717, 1.165) is 5.56 Å². The number of anilines is 1. The number of alkyl halides is 3. The normalized spacial score (nSPS) is 11.1. The van der Waals surface area contributed by atoms with Gasteiger partial charge in [-0.15, -0.1) is 24.9 Å². The monoisotopic (exact) mass is 383 g/mol. The molecule has 0 heterocycles. The first kappa shape index (κ1) is 19.8. The highest BCUT2D eigenvalue weighted by molar-refractivity contribution is 7.99. The van der Waals surface area contributed by atoms with Crippen LogP contribution in [0.1, 0.15) is 22.8 Å². The number of nitrogens with one attached hydrogen (secondary N) is 1. The van der Waals surface area contributed by atoms with Gasteiger partial charge in [0.2, 0.25) is 5.91 Å². The van der Waals surface area contributed by atoms with E-state index in [0.29, 0.717) is 17.0 Å². The molecule has 0 radical (unpaired) electrons. The summed E-state index contributed by atoms with van der Waals surface area (Å²) < 4.78 is 40.1. The zero-order chi connectivity index (χ0) is 19.2. The average molecular weight is 383 g/mol. The van der Waals surface area contributed by atoms with E-state index >= 15 is 0 Å². The van der Waals surface area contributed by atoms with Crippen molar-refractivity contribution in [3.63, 3.8) is 0 Å². The van der Waals surface area contributed by atoms with Crippen LogP contribution in [0, 0.1) is 0 Å². The lowest BCUT2D eigenvalue weighted by Crippen LogP contribution is -2.17. The standard InChI is InChI=1S/C18H16F3NO3S/c1-12(23)14-3-2-4-15(9-14)22-17(24)11-26-10-13-5-7-16(8-6-13)25-18(19,20)21/h2-9H,10-11H2,1H3,(H,22,24). The van der Waals surface area contributed by atoms with Gasteiger partial charge in [0, 0.05) is 17.0 Å². The van der Waals surface area contributed by atoms with Crippen molar-refractivity contribution in [3.8, 4) is 5.75 Å².